The van der Waals surface area contributed by atoms with Crippen LogP contribution in [0.4, 0.5) is 0 Å². The maximum absolute atomic E-state index is 11.0. The molecular formula is C51H80O8S2Si. The van der Waals surface area contributed by atoms with Crippen molar-refractivity contribution in [3.05, 3.63) is 114 Å². The molecule has 0 amide bonds. The number of benzene rings is 2. The Hall–Kier alpha value is -3.15. The SMILES string of the molecule is C=C(C)C(=C)[C@@H](O)C[C@@H]1O[C@H](C[C@H](C)CC)[C@H](C)[C@H]1Cc1ccccc1.C=C=C(C)C[Si](C)(C)C.CC[C@@H](C)C[C@H]1O[C@@H](CC=O)[C@H](Cc2ccccc2)[C@H]1C.O=S=O.O=S=O. The Morgan fingerprint density at radius 1 is 0.742 bits per heavy atom. The van der Waals surface area contributed by atoms with Crippen LogP contribution in [0.5, 0.6) is 0 Å². The van der Waals surface area contributed by atoms with Crippen LogP contribution < -0.4 is 0 Å². The number of allylic oxidation sites excluding steroid dienone is 1. The van der Waals surface area contributed by atoms with Gasteiger partial charge in [-0.1, -0.05) is 160 Å². The van der Waals surface area contributed by atoms with Gasteiger partial charge in [0.25, 0.3) is 0 Å². The summed E-state index contributed by atoms with van der Waals surface area (Å²) in [6, 6.07) is 22.4. The third kappa shape index (κ3) is 23.5. The van der Waals surface area contributed by atoms with Gasteiger partial charge in [-0.15, -0.1) is 5.73 Å². The highest BCUT2D eigenvalue weighted by atomic mass is 32.1. The Morgan fingerprint density at radius 3 is 1.45 bits per heavy atom. The summed E-state index contributed by atoms with van der Waals surface area (Å²) < 4.78 is 45.9. The fraction of sp³-hybridized carbons (Fsp3) is 0.608. The van der Waals surface area contributed by atoms with Gasteiger partial charge in [-0.05, 0) is 103 Å². The van der Waals surface area contributed by atoms with Crippen molar-refractivity contribution in [2.75, 3.05) is 0 Å². The average molecular weight is 913 g/mol. The smallest absolute Gasteiger partial charge is 0.335 e. The maximum atomic E-state index is 11.0. The lowest BCUT2D eigenvalue weighted by molar-refractivity contribution is -0.110. The normalized spacial score (nSPS) is 23.9. The van der Waals surface area contributed by atoms with Gasteiger partial charge in [0, 0.05) is 20.9 Å². The van der Waals surface area contributed by atoms with E-state index in [1.807, 2.05) is 13.0 Å². The molecule has 2 aromatic rings. The average Bonchev–Trinajstić information content (AvgIpc) is 3.67. The Kier molecular flexibility index (Phi) is 30.8. The van der Waals surface area contributed by atoms with E-state index < -0.39 is 37.3 Å². The number of aliphatic hydroxyl groups excluding tert-OH is 1. The lowest BCUT2D eigenvalue weighted by atomic mass is 9.80. The van der Waals surface area contributed by atoms with Crippen molar-refractivity contribution in [3.63, 3.8) is 0 Å². The molecule has 11 heteroatoms. The van der Waals surface area contributed by atoms with Gasteiger partial charge in [0.1, 0.15) is 6.29 Å². The molecule has 4 rings (SSSR count). The van der Waals surface area contributed by atoms with Gasteiger partial charge in [-0.25, -0.2) is 0 Å². The fourth-order valence-electron chi connectivity index (χ4n) is 8.26. The second-order valence-electron chi connectivity index (χ2n) is 18.6. The second-order valence-corrected chi connectivity index (χ2v) is 24.4. The topological polar surface area (TPSA) is 124 Å². The van der Waals surface area contributed by atoms with Crippen LogP contribution >= 0.6 is 0 Å². The Bertz CT molecular complexity index is 1680. The zero-order valence-corrected chi connectivity index (χ0v) is 42.4. The molecule has 0 radical (unpaired) electrons. The van der Waals surface area contributed by atoms with Crippen LogP contribution in [0.25, 0.3) is 0 Å². The molecule has 11 atom stereocenters. The second kappa shape index (κ2) is 32.5. The van der Waals surface area contributed by atoms with Crippen molar-refractivity contribution < 1.29 is 36.2 Å². The highest BCUT2D eigenvalue weighted by Crippen LogP contribution is 2.41. The minimum Gasteiger partial charge on any atom is -0.388 e. The number of hydrogen-bond acceptors (Lipinski definition) is 8. The minimum absolute atomic E-state index is 0.0605. The summed E-state index contributed by atoms with van der Waals surface area (Å²) in [5.41, 5.74) is 8.50. The van der Waals surface area contributed by atoms with E-state index in [4.69, 9.17) is 26.3 Å². The van der Waals surface area contributed by atoms with E-state index in [1.54, 1.807) is 0 Å². The zero-order valence-electron chi connectivity index (χ0n) is 39.8. The maximum Gasteiger partial charge on any atom is 0.335 e. The van der Waals surface area contributed by atoms with E-state index in [0.717, 1.165) is 43.1 Å². The number of carbonyl (C=O) groups is 1. The van der Waals surface area contributed by atoms with Gasteiger partial charge in [-0.3, -0.25) is 0 Å². The highest BCUT2D eigenvalue weighted by Gasteiger charge is 2.43. The van der Waals surface area contributed by atoms with Crippen LogP contribution in [-0.2, 0) is 50.3 Å². The predicted octanol–water partition coefficient (Wildman–Crippen LogP) is 11.6. The molecule has 0 bridgehead atoms. The monoisotopic (exact) mass is 913 g/mol. The molecule has 2 aliphatic heterocycles. The van der Waals surface area contributed by atoms with Crippen molar-refractivity contribution in [1.82, 2.24) is 0 Å². The fourth-order valence-corrected chi connectivity index (χ4v) is 9.98. The van der Waals surface area contributed by atoms with Crippen molar-refractivity contribution in [3.8, 4) is 0 Å². The van der Waals surface area contributed by atoms with Crippen LogP contribution in [0.1, 0.15) is 105 Å². The van der Waals surface area contributed by atoms with Gasteiger partial charge >= 0.3 is 23.1 Å². The molecule has 0 unspecified atom stereocenters. The molecule has 2 fully saturated rings. The van der Waals surface area contributed by atoms with E-state index >= 15 is 0 Å². The molecule has 0 aliphatic carbocycles. The predicted molar refractivity (Wildman–Crippen MR) is 261 cm³/mol. The summed E-state index contributed by atoms with van der Waals surface area (Å²) in [7, 11) is -0.881. The molecule has 2 aliphatic rings. The first-order chi connectivity index (χ1) is 29.3. The summed E-state index contributed by atoms with van der Waals surface area (Å²) in [4.78, 5) is 11.0. The van der Waals surface area contributed by atoms with Crippen LogP contribution in [0.2, 0.25) is 25.7 Å². The number of carbonyl (C=O) groups excluding carboxylic acids is 1. The van der Waals surface area contributed by atoms with Crippen LogP contribution in [0.15, 0.2) is 103 Å². The first kappa shape index (κ1) is 58.8. The first-order valence-corrected chi connectivity index (χ1v) is 27.4. The minimum atomic E-state index is -0.881. The summed E-state index contributed by atoms with van der Waals surface area (Å²) in [6.07, 6.45) is 8.87. The Balaban J connectivity index is 0.000000918. The third-order valence-electron chi connectivity index (χ3n) is 12.3. The molecule has 0 aromatic heterocycles. The molecule has 2 aromatic carbocycles. The molecule has 1 N–H and O–H groups in total. The standard InChI is InChI=1S/C24H36O2.C19H28O2.C8H16Si.2O2S/c1-7-17(4)13-23-19(6)21(14-20-11-9-8-10-12-20)24(26-23)15-22(25)18(5)16(2)3;1-4-14(2)12-19-15(3)17(18(21-19)10-11-20)13-16-8-6-5-7-9-16;1-6-8(2)7-9(3,4)5;2*1-3-2/h8-12,17,19,21-25H,2,5,7,13-15H2,1,3-4,6H3;5-9,11,14-15,17-19H,4,10,12-13H2,1-3H3;1,7H2,2-5H3;;/t17-,19-,21-,22+,23-,24+;14-,15-,17-,18+,19-;;;/m11.../s1. The number of aliphatic hydroxyl groups is 1. The van der Waals surface area contributed by atoms with Crippen molar-refractivity contribution in [2.24, 2.45) is 35.5 Å². The molecule has 0 saturated carbocycles. The van der Waals surface area contributed by atoms with Crippen LogP contribution in [0.3, 0.4) is 0 Å². The van der Waals surface area contributed by atoms with Crippen LogP contribution in [0, 0.1) is 35.5 Å². The van der Waals surface area contributed by atoms with Gasteiger partial charge in [0.15, 0.2) is 0 Å². The van der Waals surface area contributed by atoms with Crippen LogP contribution in [-0.4, -0.2) is 66.8 Å². The summed E-state index contributed by atoms with van der Waals surface area (Å²) in [6.45, 7) is 36.3. The number of rotatable bonds is 18. The van der Waals surface area contributed by atoms with Gasteiger partial charge in [0.05, 0.1) is 30.5 Å². The lowest BCUT2D eigenvalue weighted by Gasteiger charge is -2.24. The first-order valence-electron chi connectivity index (χ1n) is 22.3. The van der Waals surface area contributed by atoms with E-state index in [1.165, 1.54) is 35.6 Å². The van der Waals surface area contributed by atoms with E-state index in [2.05, 4.69) is 148 Å². The van der Waals surface area contributed by atoms with E-state index in [-0.39, 0.29) is 18.3 Å². The van der Waals surface area contributed by atoms with Gasteiger partial charge < -0.3 is 19.4 Å². The number of hydrogen-bond donors (Lipinski definition) is 1. The highest BCUT2D eigenvalue weighted by molar-refractivity contribution is 7.51. The molecule has 62 heavy (non-hydrogen) atoms. The number of aldehydes is 1. The van der Waals surface area contributed by atoms with Crippen molar-refractivity contribution >= 4 is 37.5 Å². The molecule has 2 saturated heterocycles. The number of ether oxygens (including phenoxy) is 2. The van der Waals surface area contributed by atoms with E-state index in [9.17, 15) is 9.90 Å². The summed E-state index contributed by atoms with van der Waals surface area (Å²) in [5, 5.41) is 10.6. The molecule has 0 spiro atoms. The summed E-state index contributed by atoms with van der Waals surface area (Å²) in [5.74, 6) is 3.22. The lowest BCUT2D eigenvalue weighted by Crippen LogP contribution is -2.27. The molecule has 8 nitrogen and oxygen atoms in total. The molecular weight excluding hydrogens is 833 g/mol. The third-order valence-corrected chi connectivity index (χ3v) is 13.9. The van der Waals surface area contributed by atoms with E-state index in [0.29, 0.717) is 54.5 Å². The van der Waals surface area contributed by atoms with Gasteiger partial charge in [0.2, 0.25) is 0 Å². The Labute approximate surface area is 384 Å². The molecule has 348 valence electrons. The molecule has 2 heterocycles. The Morgan fingerprint density at radius 2 is 1.13 bits per heavy atom. The quantitative estimate of drug-likeness (QED) is 0.0679. The summed E-state index contributed by atoms with van der Waals surface area (Å²) >= 11 is -1.50. The van der Waals surface area contributed by atoms with Crippen molar-refractivity contribution in [1.29, 1.82) is 0 Å². The van der Waals surface area contributed by atoms with Gasteiger partial charge in [-0.2, -0.15) is 16.8 Å². The largest absolute Gasteiger partial charge is 0.388 e. The van der Waals surface area contributed by atoms with Crippen molar-refractivity contribution in [2.45, 2.75) is 163 Å². The zero-order chi connectivity index (χ0) is 47.4.